The summed E-state index contributed by atoms with van der Waals surface area (Å²) in [6.45, 7) is 2.62. The zero-order valence-corrected chi connectivity index (χ0v) is 13.2. The number of nitrogens with one attached hydrogen (secondary N) is 1. The second-order valence-electron chi connectivity index (χ2n) is 7.89. The topological polar surface area (TPSA) is 58.6 Å². The van der Waals surface area contributed by atoms with Gasteiger partial charge >= 0.3 is 0 Å². The van der Waals surface area contributed by atoms with Gasteiger partial charge in [0.25, 0.3) is 0 Å². The Hall–Kier alpha value is -1.10. The van der Waals surface area contributed by atoms with Crippen LogP contribution >= 0.6 is 0 Å². The lowest BCUT2D eigenvalue weighted by Crippen LogP contribution is -2.54. The summed E-state index contributed by atoms with van der Waals surface area (Å²) in [7, 11) is 0. The van der Waals surface area contributed by atoms with Crippen LogP contribution in [0.4, 0.5) is 0 Å². The first kappa shape index (κ1) is 14.5. The molecule has 5 heteroatoms. The molecule has 5 fully saturated rings. The highest BCUT2D eigenvalue weighted by atomic mass is 16.5. The molecule has 4 aliphatic carbocycles. The van der Waals surface area contributed by atoms with Crippen molar-refractivity contribution < 1.29 is 14.3 Å². The summed E-state index contributed by atoms with van der Waals surface area (Å²) >= 11 is 0. The van der Waals surface area contributed by atoms with Crippen LogP contribution in [0.3, 0.4) is 0 Å². The van der Waals surface area contributed by atoms with Crippen molar-refractivity contribution in [2.45, 2.75) is 38.5 Å². The smallest absolute Gasteiger partial charge is 0.248 e. The van der Waals surface area contributed by atoms with Crippen molar-refractivity contribution in [3.05, 3.63) is 0 Å². The van der Waals surface area contributed by atoms with E-state index in [-0.39, 0.29) is 23.8 Å². The van der Waals surface area contributed by atoms with Gasteiger partial charge in [-0.15, -0.1) is 0 Å². The van der Waals surface area contributed by atoms with Crippen LogP contribution in [0.25, 0.3) is 0 Å². The number of hydrogen-bond donors (Lipinski definition) is 1. The summed E-state index contributed by atoms with van der Waals surface area (Å²) in [6, 6.07) is 0. The SMILES string of the molecule is O=C1COCCN1CCNC(=O)C12CC3CC(CC(C3)C1)C2. The van der Waals surface area contributed by atoms with Crippen LogP contribution in [-0.2, 0) is 14.3 Å². The van der Waals surface area contributed by atoms with E-state index in [1.165, 1.54) is 19.3 Å². The van der Waals surface area contributed by atoms with Crippen molar-refractivity contribution in [3.8, 4) is 0 Å². The summed E-state index contributed by atoms with van der Waals surface area (Å²) in [6.07, 6.45) is 7.36. The summed E-state index contributed by atoms with van der Waals surface area (Å²) in [5.74, 6) is 2.66. The highest BCUT2D eigenvalue weighted by Crippen LogP contribution is 2.60. The first-order chi connectivity index (χ1) is 10.6. The molecule has 5 rings (SSSR count). The molecular weight excluding hydrogens is 280 g/mol. The van der Waals surface area contributed by atoms with Gasteiger partial charge in [0.1, 0.15) is 6.61 Å². The molecule has 2 amide bonds. The van der Waals surface area contributed by atoms with E-state index < -0.39 is 0 Å². The average Bonchev–Trinajstić information content (AvgIpc) is 2.47. The van der Waals surface area contributed by atoms with E-state index in [0.29, 0.717) is 26.2 Å². The van der Waals surface area contributed by atoms with E-state index in [0.717, 1.165) is 37.0 Å². The standard InChI is InChI=1S/C17H26N2O3/c20-15-11-22-4-3-19(15)2-1-18-16(21)17-8-12-5-13(9-17)7-14(6-12)10-17/h12-14H,1-11H2,(H,18,21). The molecule has 5 nitrogen and oxygen atoms in total. The molecule has 4 bridgehead atoms. The molecule has 22 heavy (non-hydrogen) atoms. The molecule has 1 aliphatic heterocycles. The normalized spacial score (nSPS) is 40.1. The Morgan fingerprint density at radius 3 is 2.41 bits per heavy atom. The van der Waals surface area contributed by atoms with Crippen LogP contribution in [0, 0.1) is 23.2 Å². The van der Waals surface area contributed by atoms with Gasteiger partial charge in [-0.25, -0.2) is 0 Å². The van der Waals surface area contributed by atoms with Crippen molar-refractivity contribution in [3.63, 3.8) is 0 Å². The van der Waals surface area contributed by atoms with Gasteiger partial charge in [-0.05, 0) is 56.3 Å². The zero-order chi connectivity index (χ0) is 15.2. The Morgan fingerprint density at radius 2 is 1.82 bits per heavy atom. The molecule has 1 N–H and O–H groups in total. The van der Waals surface area contributed by atoms with E-state index in [9.17, 15) is 9.59 Å². The molecule has 1 saturated heterocycles. The van der Waals surface area contributed by atoms with E-state index >= 15 is 0 Å². The predicted molar refractivity (Wildman–Crippen MR) is 81.0 cm³/mol. The van der Waals surface area contributed by atoms with Crippen LogP contribution in [0.5, 0.6) is 0 Å². The average molecular weight is 306 g/mol. The highest BCUT2D eigenvalue weighted by molar-refractivity contribution is 5.83. The van der Waals surface area contributed by atoms with E-state index in [1.54, 1.807) is 4.90 Å². The number of carbonyl (C=O) groups is 2. The van der Waals surface area contributed by atoms with Crippen molar-refractivity contribution in [2.24, 2.45) is 23.2 Å². The highest BCUT2D eigenvalue weighted by Gasteiger charge is 2.54. The van der Waals surface area contributed by atoms with Crippen molar-refractivity contribution in [2.75, 3.05) is 32.8 Å². The molecule has 0 aromatic heterocycles. The quantitative estimate of drug-likeness (QED) is 0.848. The van der Waals surface area contributed by atoms with Gasteiger partial charge in [0.15, 0.2) is 0 Å². The molecule has 0 unspecified atom stereocenters. The largest absolute Gasteiger partial charge is 0.370 e. The van der Waals surface area contributed by atoms with Gasteiger partial charge in [0.2, 0.25) is 11.8 Å². The lowest BCUT2D eigenvalue weighted by atomic mass is 9.49. The van der Waals surface area contributed by atoms with Crippen LogP contribution in [-0.4, -0.2) is 49.6 Å². The molecular formula is C17H26N2O3. The molecule has 122 valence electrons. The molecule has 0 atom stereocenters. The van der Waals surface area contributed by atoms with Gasteiger partial charge in [0, 0.05) is 25.0 Å². The predicted octanol–water partition coefficient (Wildman–Crippen LogP) is 1.18. The third-order valence-electron chi connectivity index (χ3n) is 6.27. The Balaban J connectivity index is 1.32. The van der Waals surface area contributed by atoms with Crippen LogP contribution in [0.15, 0.2) is 0 Å². The van der Waals surface area contributed by atoms with E-state index in [1.807, 2.05) is 0 Å². The maximum Gasteiger partial charge on any atom is 0.248 e. The lowest BCUT2D eigenvalue weighted by Gasteiger charge is -2.55. The fourth-order valence-corrected chi connectivity index (χ4v) is 5.67. The number of hydrogen-bond acceptors (Lipinski definition) is 3. The zero-order valence-electron chi connectivity index (χ0n) is 13.2. The Kier molecular flexibility index (Phi) is 3.63. The fourth-order valence-electron chi connectivity index (χ4n) is 5.67. The molecule has 0 aromatic carbocycles. The van der Waals surface area contributed by atoms with Crippen LogP contribution in [0.1, 0.15) is 38.5 Å². The Bertz CT molecular complexity index is 441. The second kappa shape index (κ2) is 5.52. The lowest BCUT2D eigenvalue weighted by molar-refractivity contribution is -0.147. The number of rotatable bonds is 4. The molecule has 5 aliphatic rings. The minimum atomic E-state index is -0.0796. The summed E-state index contributed by atoms with van der Waals surface area (Å²) in [5.41, 5.74) is -0.0796. The number of nitrogens with zero attached hydrogens (tertiary/aromatic N) is 1. The van der Waals surface area contributed by atoms with Crippen LogP contribution in [0.2, 0.25) is 0 Å². The summed E-state index contributed by atoms with van der Waals surface area (Å²) < 4.78 is 5.13. The number of amides is 2. The first-order valence-corrected chi connectivity index (χ1v) is 8.78. The summed E-state index contributed by atoms with van der Waals surface area (Å²) in [5, 5.41) is 3.13. The maximum absolute atomic E-state index is 12.8. The molecule has 1 heterocycles. The third kappa shape index (κ3) is 2.53. The van der Waals surface area contributed by atoms with E-state index in [4.69, 9.17) is 4.74 Å². The maximum atomic E-state index is 12.8. The minimum absolute atomic E-state index is 0.0373. The number of carbonyl (C=O) groups excluding carboxylic acids is 2. The third-order valence-corrected chi connectivity index (χ3v) is 6.27. The van der Waals surface area contributed by atoms with E-state index in [2.05, 4.69) is 5.32 Å². The van der Waals surface area contributed by atoms with Gasteiger partial charge in [0.05, 0.1) is 6.61 Å². The van der Waals surface area contributed by atoms with Crippen molar-refractivity contribution in [1.29, 1.82) is 0 Å². The Morgan fingerprint density at radius 1 is 1.18 bits per heavy atom. The molecule has 4 saturated carbocycles. The molecule has 0 radical (unpaired) electrons. The number of morpholine rings is 1. The van der Waals surface area contributed by atoms with Gasteiger partial charge in [-0.2, -0.15) is 0 Å². The van der Waals surface area contributed by atoms with Gasteiger partial charge in [-0.3, -0.25) is 9.59 Å². The van der Waals surface area contributed by atoms with Crippen molar-refractivity contribution >= 4 is 11.8 Å². The monoisotopic (exact) mass is 306 g/mol. The first-order valence-electron chi connectivity index (χ1n) is 8.78. The van der Waals surface area contributed by atoms with Crippen molar-refractivity contribution in [1.82, 2.24) is 10.2 Å². The van der Waals surface area contributed by atoms with Gasteiger partial charge in [-0.1, -0.05) is 0 Å². The fraction of sp³-hybridized carbons (Fsp3) is 0.882. The minimum Gasteiger partial charge on any atom is -0.370 e. The number of ether oxygens (including phenoxy) is 1. The summed E-state index contributed by atoms with van der Waals surface area (Å²) in [4.78, 5) is 26.3. The Labute approximate surface area is 131 Å². The second-order valence-corrected chi connectivity index (χ2v) is 7.89. The molecule has 0 aromatic rings. The molecule has 0 spiro atoms. The van der Waals surface area contributed by atoms with Gasteiger partial charge < -0.3 is 15.0 Å². The van der Waals surface area contributed by atoms with Crippen LogP contribution < -0.4 is 5.32 Å².